The van der Waals surface area contributed by atoms with Crippen LogP contribution in [0.15, 0.2) is 22.7 Å². The van der Waals surface area contributed by atoms with Crippen molar-refractivity contribution in [1.29, 1.82) is 0 Å². The first kappa shape index (κ1) is 24.5. The molecule has 1 aromatic heterocycles. The number of benzene rings is 1. The van der Waals surface area contributed by atoms with Gasteiger partial charge in [0.15, 0.2) is 0 Å². The number of carbonyl (C=O) groups is 1. The number of aromatic nitrogens is 2. The SMILES string of the molecule is Cc1cc(OCCCC2CCN(c3noc(CCC4CC4)n3)CC2)ccc1C(=O)NCCCO. The highest BCUT2D eigenvalue weighted by molar-refractivity contribution is 5.95. The lowest BCUT2D eigenvalue weighted by Gasteiger charge is -2.30. The highest BCUT2D eigenvalue weighted by Crippen LogP contribution is 2.33. The molecule has 1 amide bonds. The molecule has 1 aromatic carbocycles. The molecule has 2 aromatic rings. The number of anilines is 1. The number of aliphatic hydroxyl groups excluding tert-OH is 1. The Morgan fingerprint density at radius 3 is 2.71 bits per heavy atom. The Labute approximate surface area is 202 Å². The fourth-order valence-corrected chi connectivity index (χ4v) is 4.55. The molecule has 2 fully saturated rings. The van der Waals surface area contributed by atoms with Crippen molar-refractivity contribution >= 4 is 11.9 Å². The molecule has 8 nitrogen and oxygen atoms in total. The zero-order valence-electron chi connectivity index (χ0n) is 20.3. The lowest BCUT2D eigenvalue weighted by Crippen LogP contribution is -2.34. The minimum absolute atomic E-state index is 0.0745. The molecule has 0 atom stereocenters. The normalized spacial score (nSPS) is 16.6. The summed E-state index contributed by atoms with van der Waals surface area (Å²) in [6.45, 7) is 5.11. The number of rotatable bonds is 13. The number of amides is 1. The van der Waals surface area contributed by atoms with Gasteiger partial charge < -0.3 is 24.6 Å². The van der Waals surface area contributed by atoms with Gasteiger partial charge in [-0.15, -0.1) is 0 Å². The zero-order chi connectivity index (χ0) is 23.8. The molecule has 2 heterocycles. The number of piperidine rings is 1. The van der Waals surface area contributed by atoms with E-state index in [0.29, 0.717) is 31.1 Å². The van der Waals surface area contributed by atoms with Crippen molar-refractivity contribution in [2.75, 3.05) is 37.7 Å². The standard InChI is InChI=1S/C26H38N4O4/c1-19-18-22(8-9-23(19)25(32)27-13-3-16-31)33-17-2-4-20-11-14-30(15-12-20)26-28-24(34-29-26)10-7-21-5-6-21/h8-9,18,20-21,31H,2-7,10-17H2,1H3,(H,27,32). The second-order valence-corrected chi connectivity index (χ2v) is 9.70. The summed E-state index contributed by atoms with van der Waals surface area (Å²) in [6.07, 6.45) is 9.82. The maximum Gasteiger partial charge on any atom is 0.266 e. The molecular formula is C26H38N4O4. The first-order valence-electron chi connectivity index (χ1n) is 12.8. The van der Waals surface area contributed by atoms with Crippen LogP contribution in [-0.4, -0.2) is 54.0 Å². The molecule has 1 saturated carbocycles. The van der Waals surface area contributed by atoms with Crippen LogP contribution in [0, 0.1) is 18.8 Å². The number of nitrogens with one attached hydrogen (secondary N) is 1. The fraction of sp³-hybridized carbons (Fsp3) is 0.654. The molecule has 8 heteroatoms. The molecule has 1 saturated heterocycles. The quantitative estimate of drug-likeness (QED) is 0.428. The van der Waals surface area contributed by atoms with Gasteiger partial charge in [0.2, 0.25) is 5.89 Å². The van der Waals surface area contributed by atoms with Crippen molar-refractivity contribution in [1.82, 2.24) is 15.5 Å². The monoisotopic (exact) mass is 470 g/mol. The van der Waals surface area contributed by atoms with Crippen LogP contribution < -0.4 is 15.0 Å². The van der Waals surface area contributed by atoms with Gasteiger partial charge in [-0.1, -0.05) is 12.8 Å². The first-order chi connectivity index (χ1) is 16.6. The molecule has 34 heavy (non-hydrogen) atoms. The number of hydrogen-bond donors (Lipinski definition) is 2. The van der Waals surface area contributed by atoms with Gasteiger partial charge in [-0.3, -0.25) is 4.79 Å². The van der Waals surface area contributed by atoms with Gasteiger partial charge in [0.25, 0.3) is 11.9 Å². The lowest BCUT2D eigenvalue weighted by molar-refractivity contribution is 0.0950. The fourth-order valence-electron chi connectivity index (χ4n) is 4.55. The summed E-state index contributed by atoms with van der Waals surface area (Å²) in [4.78, 5) is 19.1. The Hall–Kier alpha value is -2.61. The molecule has 2 aliphatic rings. The van der Waals surface area contributed by atoms with Crippen molar-refractivity contribution in [2.24, 2.45) is 11.8 Å². The Kier molecular flexibility index (Phi) is 8.79. The first-order valence-corrected chi connectivity index (χ1v) is 12.8. The average molecular weight is 471 g/mol. The highest BCUT2D eigenvalue weighted by Gasteiger charge is 2.24. The Balaban J connectivity index is 1.12. The Morgan fingerprint density at radius 2 is 1.97 bits per heavy atom. The number of aliphatic hydroxyl groups is 1. The summed E-state index contributed by atoms with van der Waals surface area (Å²) in [5.74, 6) is 3.81. The molecule has 0 unspecified atom stereocenters. The van der Waals surface area contributed by atoms with Crippen molar-refractivity contribution < 1.29 is 19.2 Å². The third-order valence-electron chi connectivity index (χ3n) is 6.91. The number of carbonyl (C=O) groups excluding carboxylic acids is 1. The van der Waals surface area contributed by atoms with E-state index in [-0.39, 0.29) is 12.5 Å². The van der Waals surface area contributed by atoms with Gasteiger partial charge in [0.05, 0.1) is 6.61 Å². The smallest absolute Gasteiger partial charge is 0.266 e. The van der Waals surface area contributed by atoms with Gasteiger partial charge in [-0.2, -0.15) is 4.98 Å². The summed E-state index contributed by atoms with van der Waals surface area (Å²) in [5, 5.41) is 15.9. The van der Waals surface area contributed by atoms with Crippen LogP contribution in [0.1, 0.15) is 73.2 Å². The van der Waals surface area contributed by atoms with E-state index < -0.39 is 0 Å². The van der Waals surface area contributed by atoms with E-state index in [1.54, 1.807) is 0 Å². The summed E-state index contributed by atoms with van der Waals surface area (Å²) < 4.78 is 11.4. The molecular weight excluding hydrogens is 432 g/mol. The molecule has 0 bridgehead atoms. The number of nitrogens with zero attached hydrogens (tertiary/aromatic N) is 3. The third kappa shape index (κ3) is 7.19. The third-order valence-corrected chi connectivity index (χ3v) is 6.91. The highest BCUT2D eigenvalue weighted by atomic mass is 16.5. The van der Waals surface area contributed by atoms with Gasteiger partial charge in [-0.05, 0) is 86.2 Å². The Bertz CT molecular complexity index is 919. The second-order valence-electron chi connectivity index (χ2n) is 9.70. The minimum Gasteiger partial charge on any atom is -0.494 e. The molecule has 4 rings (SSSR count). The van der Waals surface area contributed by atoms with Crippen LogP contribution in [0.25, 0.3) is 0 Å². The molecule has 2 N–H and O–H groups in total. The molecule has 1 aliphatic carbocycles. The minimum atomic E-state index is -0.112. The van der Waals surface area contributed by atoms with E-state index >= 15 is 0 Å². The summed E-state index contributed by atoms with van der Waals surface area (Å²) in [6, 6.07) is 5.59. The number of aryl methyl sites for hydroxylation is 2. The van der Waals surface area contributed by atoms with E-state index in [2.05, 4.69) is 20.4 Å². The van der Waals surface area contributed by atoms with Crippen molar-refractivity contribution in [2.45, 2.75) is 64.7 Å². The topological polar surface area (TPSA) is 101 Å². The van der Waals surface area contributed by atoms with Gasteiger partial charge >= 0.3 is 0 Å². The van der Waals surface area contributed by atoms with E-state index in [4.69, 9.17) is 14.4 Å². The van der Waals surface area contributed by atoms with E-state index in [0.717, 1.165) is 74.3 Å². The molecule has 0 radical (unpaired) electrons. The molecule has 186 valence electrons. The largest absolute Gasteiger partial charge is 0.494 e. The summed E-state index contributed by atoms with van der Waals surface area (Å²) in [7, 11) is 0. The lowest BCUT2D eigenvalue weighted by atomic mass is 9.92. The van der Waals surface area contributed by atoms with Crippen LogP contribution in [-0.2, 0) is 6.42 Å². The van der Waals surface area contributed by atoms with E-state index in [1.807, 2.05) is 25.1 Å². The maximum absolute atomic E-state index is 12.2. The van der Waals surface area contributed by atoms with Gasteiger partial charge in [-0.25, -0.2) is 0 Å². The summed E-state index contributed by atoms with van der Waals surface area (Å²) >= 11 is 0. The van der Waals surface area contributed by atoms with Crippen LogP contribution >= 0.6 is 0 Å². The van der Waals surface area contributed by atoms with E-state index in [9.17, 15) is 4.79 Å². The van der Waals surface area contributed by atoms with Crippen LogP contribution in [0.4, 0.5) is 5.95 Å². The van der Waals surface area contributed by atoms with Crippen LogP contribution in [0.3, 0.4) is 0 Å². The van der Waals surface area contributed by atoms with Crippen molar-refractivity contribution in [3.63, 3.8) is 0 Å². The predicted molar refractivity (Wildman–Crippen MR) is 130 cm³/mol. The van der Waals surface area contributed by atoms with Crippen molar-refractivity contribution in [3.05, 3.63) is 35.2 Å². The van der Waals surface area contributed by atoms with Crippen LogP contribution in [0.5, 0.6) is 5.75 Å². The summed E-state index contributed by atoms with van der Waals surface area (Å²) in [5.41, 5.74) is 1.54. The average Bonchev–Trinajstić information content (AvgIpc) is 3.56. The number of ether oxygens (including phenoxy) is 1. The maximum atomic E-state index is 12.2. The second kappa shape index (κ2) is 12.2. The van der Waals surface area contributed by atoms with Crippen molar-refractivity contribution in [3.8, 4) is 5.75 Å². The van der Waals surface area contributed by atoms with Gasteiger partial charge in [0, 0.05) is 38.2 Å². The number of hydrogen-bond acceptors (Lipinski definition) is 7. The molecule has 1 aliphatic heterocycles. The molecule has 0 spiro atoms. The van der Waals surface area contributed by atoms with Gasteiger partial charge in [0.1, 0.15) is 5.75 Å². The zero-order valence-corrected chi connectivity index (χ0v) is 20.3. The Morgan fingerprint density at radius 1 is 1.18 bits per heavy atom. The van der Waals surface area contributed by atoms with Crippen LogP contribution in [0.2, 0.25) is 0 Å². The predicted octanol–water partition coefficient (Wildman–Crippen LogP) is 3.91. The van der Waals surface area contributed by atoms with E-state index in [1.165, 1.54) is 19.3 Å².